The van der Waals surface area contributed by atoms with Crippen LogP contribution in [-0.4, -0.2) is 51.4 Å². The summed E-state index contributed by atoms with van der Waals surface area (Å²) in [6, 6.07) is 0.962. The van der Waals surface area contributed by atoms with E-state index in [-0.39, 0.29) is 11.1 Å². The zero-order valence-corrected chi connectivity index (χ0v) is 16.8. The van der Waals surface area contributed by atoms with Gasteiger partial charge in [0, 0.05) is 38.9 Å². The Balaban J connectivity index is 1.64. The first-order valence-corrected chi connectivity index (χ1v) is 9.51. The minimum atomic E-state index is -4.47. The molecule has 1 atom stereocenters. The summed E-state index contributed by atoms with van der Waals surface area (Å²) in [5, 5.41) is 10.5. The Hall–Kier alpha value is -2.56. The molecule has 0 aliphatic carbocycles. The first-order chi connectivity index (χ1) is 13.8. The number of alkyl halides is 3. The van der Waals surface area contributed by atoms with Crippen LogP contribution in [0.15, 0.2) is 23.6 Å². The number of aryl methyl sites for hydroxylation is 1. The molecule has 2 N–H and O–H groups in total. The molecular weight excluding hydrogens is 409 g/mol. The van der Waals surface area contributed by atoms with Crippen LogP contribution in [0.2, 0.25) is 5.02 Å². The highest BCUT2D eigenvalue weighted by Gasteiger charge is 2.33. The number of aliphatic imine (C=N–C) groups is 1. The van der Waals surface area contributed by atoms with Crippen molar-refractivity contribution in [3.05, 3.63) is 35.0 Å². The van der Waals surface area contributed by atoms with E-state index in [4.69, 9.17) is 11.6 Å². The van der Waals surface area contributed by atoms with Crippen LogP contribution >= 0.6 is 11.6 Å². The highest BCUT2D eigenvalue weighted by atomic mass is 35.5. The maximum absolute atomic E-state index is 12.8. The quantitative estimate of drug-likeness (QED) is 0.559. The van der Waals surface area contributed by atoms with Crippen molar-refractivity contribution >= 4 is 23.4 Å². The molecule has 0 saturated carbocycles. The van der Waals surface area contributed by atoms with E-state index in [0.717, 1.165) is 24.5 Å². The van der Waals surface area contributed by atoms with Gasteiger partial charge in [0.05, 0.1) is 10.6 Å². The number of hydrogen-bond donors (Lipinski definition) is 2. The molecule has 1 aliphatic rings. The van der Waals surface area contributed by atoms with Crippen LogP contribution in [-0.2, 0) is 19.8 Å². The Bertz CT molecular complexity index is 867. The molecule has 1 fully saturated rings. The number of aromatic nitrogens is 4. The van der Waals surface area contributed by atoms with Crippen molar-refractivity contribution < 1.29 is 13.2 Å². The fraction of sp³-hybridized carbons (Fsp3) is 0.529. The molecule has 3 rings (SSSR count). The van der Waals surface area contributed by atoms with Crippen molar-refractivity contribution in [2.24, 2.45) is 12.0 Å². The maximum atomic E-state index is 12.8. The van der Waals surface area contributed by atoms with Crippen LogP contribution < -0.4 is 15.5 Å². The van der Waals surface area contributed by atoms with Crippen LogP contribution in [0.4, 0.5) is 19.0 Å². The molecule has 0 aromatic carbocycles. The molecule has 8 nitrogen and oxygen atoms in total. The SMILES string of the molecule is CCNC(=NCc1ncnn1C)NC1CCN(c2ncc(C(F)(F)F)cc2Cl)C1. The van der Waals surface area contributed by atoms with Gasteiger partial charge in [-0.15, -0.1) is 0 Å². The van der Waals surface area contributed by atoms with Gasteiger partial charge in [-0.25, -0.2) is 15.0 Å². The number of hydrogen-bond acceptors (Lipinski definition) is 5. The molecule has 158 valence electrons. The van der Waals surface area contributed by atoms with Crippen molar-refractivity contribution in [3.63, 3.8) is 0 Å². The summed E-state index contributed by atoms with van der Waals surface area (Å²) in [6.45, 7) is 4.19. The standard InChI is InChI=1S/C17H22ClF3N8/c1-3-22-16(24-8-14-25-10-26-28(14)2)27-12-4-5-29(9-12)15-13(18)6-11(7-23-15)17(19,20)21/h6-7,10,12H,3-5,8-9H2,1-2H3,(H2,22,24,27). The van der Waals surface area contributed by atoms with E-state index in [9.17, 15) is 13.2 Å². The zero-order valence-electron chi connectivity index (χ0n) is 16.0. The lowest BCUT2D eigenvalue weighted by molar-refractivity contribution is -0.137. The minimum absolute atomic E-state index is 0.0108. The van der Waals surface area contributed by atoms with E-state index < -0.39 is 11.7 Å². The highest BCUT2D eigenvalue weighted by Crippen LogP contribution is 2.34. The minimum Gasteiger partial charge on any atom is -0.357 e. The lowest BCUT2D eigenvalue weighted by Gasteiger charge is -2.21. The van der Waals surface area contributed by atoms with Crippen LogP contribution in [0.5, 0.6) is 0 Å². The van der Waals surface area contributed by atoms with Crippen LogP contribution in [0.3, 0.4) is 0 Å². The Morgan fingerprint density at radius 2 is 2.17 bits per heavy atom. The second-order valence-electron chi connectivity index (χ2n) is 6.60. The van der Waals surface area contributed by atoms with Gasteiger partial charge < -0.3 is 15.5 Å². The summed E-state index contributed by atoms with van der Waals surface area (Å²) < 4.78 is 40.1. The van der Waals surface area contributed by atoms with Crippen molar-refractivity contribution in [1.82, 2.24) is 30.4 Å². The van der Waals surface area contributed by atoms with E-state index >= 15 is 0 Å². The fourth-order valence-electron chi connectivity index (χ4n) is 3.02. The molecule has 0 amide bonds. The highest BCUT2D eigenvalue weighted by molar-refractivity contribution is 6.33. The second kappa shape index (κ2) is 8.85. The molecule has 3 heterocycles. The smallest absolute Gasteiger partial charge is 0.357 e. The van der Waals surface area contributed by atoms with Gasteiger partial charge in [0.2, 0.25) is 0 Å². The molecule has 1 unspecified atom stereocenters. The number of halogens is 4. The Morgan fingerprint density at radius 1 is 1.38 bits per heavy atom. The molecule has 2 aromatic rings. The largest absolute Gasteiger partial charge is 0.417 e. The topological polar surface area (TPSA) is 83.3 Å². The molecule has 0 bridgehead atoms. The average molecular weight is 431 g/mol. The van der Waals surface area contributed by atoms with Crippen molar-refractivity contribution in [3.8, 4) is 0 Å². The van der Waals surface area contributed by atoms with Crippen molar-refractivity contribution in [2.75, 3.05) is 24.5 Å². The lowest BCUT2D eigenvalue weighted by Crippen LogP contribution is -2.44. The number of rotatable bonds is 5. The van der Waals surface area contributed by atoms with Gasteiger partial charge in [0.15, 0.2) is 5.96 Å². The Labute approximate surface area is 171 Å². The molecule has 2 aromatic heterocycles. The van der Waals surface area contributed by atoms with E-state index in [1.165, 1.54) is 6.33 Å². The average Bonchev–Trinajstić information content (AvgIpc) is 3.28. The van der Waals surface area contributed by atoms with Crippen LogP contribution in [0, 0.1) is 0 Å². The number of anilines is 1. The first-order valence-electron chi connectivity index (χ1n) is 9.13. The number of guanidine groups is 1. The van der Waals surface area contributed by atoms with Gasteiger partial charge in [-0.1, -0.05) is 11.6 Å². The monoisotopic (exact) mass is 430 g/mol. The van der Waals surface area contributed by atoms with E-state index in [1.807, 2.05) is 11.8 Å². The summed E-state index contributed by atoms with van der Waals surface area (Å²) in [5.41, 5.74) is -0.856. The van der Waals surface area contributed by atoms with Gasteiger partial charge in [-0.05, 0) is 19.4 Å². The molecule has 12 heteroatoms. The summed E-state index contributed by atoms with van der Waals surface area (Å²) in [5.74, 6) is 1.72. The summed E-state index contributed by atoms with van der Waals surface area (Å²) in [6.07, 6.45) is -1.41. The predicted molar refractivity (Wildman–Crippen MR) is 104 cm³/mol. The molecule has 0 spiro atoms. The van der Waals surface area contributed by atoms with Crippen molar-refractivity contribution in [1.29, 1.82) is 0 Å². The van der Waals surface area contributed by atoms with E-state index in [1.54, 1.807) is 11.7 Å². The van der Waals surface area contributed by atoms with Gasteiger partial charge in [0.25, 0.3) is 0 Å². The van der Waals surface area contributed by atoms with E-state index in [2.05, 4.69) is 30.7 Å². The summed E-state index contributed by atoms with van der Waals surface area (Å²) in [7, 11) is 1.80. The predicted octanol–water partition coefficient (Wildman–Crippen LogP) is 2.22. The van der Waals surface area contributed by atoms with Gasteiger partial charge in [-0.2, -0.15) is 18.3 Å². The number of pyridine rings is 1. The first kappa shape index (κ1) is 21.2. The third kappa shape index (κ3) is 5.28. The molecule has 1 aliphatic heterocycles. The molecule has 29 heavy (non-hydrogen) atoms. The third-order valence-electron chi connectivity index (χ3n) is 4.51. The third-order valence-corrected chi connectivity index (χ3v) is 4.78. The van der Waals surface area contributed by atoms with Gasteiger partial charge in [-0.3, -0.25) is 4.68 Å². The normalized spacial score (nSPS) is 17.7. The van der Waals surface area contributed by atoms with E-state index in [0.29, 0.717) is 38.0 Å². The van der Waals surface area contributed by atoms with Crippen LogP contribution in [0.25, 0.3) is 0 Å². The Morgan fingerprint density at radius 3 is 2.79 bits per heavy atom. The van der Waals surface area contributed by atoms with Crippen LogP contribution in [0.1, 0.15) is 24.7 Å². The molecule has 0 radical (unpaired) electrons. The second-order valence-corrected chi connectivity index (χ2v) is 7.01. The number of nitrogens with one attached hydrogen (secondary N) is 2. The molecular formula is C17H22ClF3N8. The summed E-state index contributed by atoms with van der Waals surface area (Å²) >= 11 is 6.06. The number of nitrogens with zero attached hydrogens (tertiary/aromatic N) is 6. The lowest BCUT2D eigenvalue weighted by atomic mass is 10.2. The van der Waals surface area contributed by atoms with Crippen molar-refractivity contribution in [2.45, 2.75) is 32.1 Å². The molecule has 1 saturated heterocycles. The van der Waals surface area contributed by atoms with Gasteiger partial charge >= 0.3 is 6.18 Å². The zero-order chi connectivity index (χ0) is 21.0. The maximum Gasteiger partial charge on any atom is 0.417 e. The Kier molecular flexibility index (Phi) is 6.46. The fourth-order valence-corrected chi connectivity index (χ4v) is 3.30. The summed E-state index contributed by atoms with van der Waals surface area (Å²) in [4.78, 5) is 14.5. The van der Waals surface area contributed by atoms with Gasteiger partial charge in [0.1, 0.15) is 24.5 Å².